The maximum absolute atomic E-state index is 10.7. The summed E-state index contributed by atoms with van der Waals surface area (Å²) in [5, 5.41) is 8.77. The molecule has 1 atom stereocenters. The van der Waals surface area contributed by atoms with Gasteiger partial charge >= 0.3 is 5.97 Å². The number of halogens is 1. The predicted molar refractivity (Wildman–Crippen MR) is 60.7 cm³/mol. The number of carbonyl (C=O) groups is 1. The number of carboxylic acid groups (broad SMARTS) is 1. The van der Waals surface area contributed by atoms with E-state index in [4.69, 9.17) is 5.11 Å². The Morgan fingerprint density at radius 2 is 2.29 bits per heavy atom. The minimum Gasteiger partial charge on any atom is -0.481 e. The number of thiophene rings is 1. The summed E-state index contributed by atoms with van der Waals surface area (Å²) in [6, 6.07) is 3.87. The molecule has 3 nitrogen and oxygen atoms in total. The quantitative estimate of drug-likeness (QED) is 0.920. The van der Waals surface area contributed by atoms with E-state index >= 15 is 0 Å². The summed E-state index contributed by atoms with van der Waals surface area (Å²) in [6.45, 7) is 0. The van der Waals surface area contributed by atoms with Crippen molar-refractivity contribution in [1.29, 1.82) is 0 Å². The van der Waals surface area contributed by atoms with Gasteiger partial charge in [-0.25, -0.2) is 0 Å². The van der Waals surface area contributed by atoms with Crippen molar-refractivity contribution in [3.8, 4) is 0 Å². The fraction of sp³-hybridized carbons (Fsp3) is 0.444. The van der Waals surface area contributed by atoms with Gasteiger partial charge in [0.2, 0.25) is 0 Å². The van der Waals surface area contributed by atoms with Gasteiger partial charge in [0.05, 0.1) is 16.2 Å². The van der Waals surface area contributed by atoms with Gasteiger partial charge in [-0.05, 0) is 42.2 Å². The second-order valence-electron chi connectivity index (χ2n) is 3.22. The molecule has 5 heteroatoms. The van der Waals surface area contributed by atoms with Crippen molar-refractivity contribution in [3.63, 3.8) is 0 Å². The van der Waals surface area contributed by atoms with Crippen LogP contribution in [0.4, 0.5) is 0 Å². The van der Waals surface area contributed by atoms with Gasteiger partial charge in [-0.2, -0.15) is 0 Å². The van der Waals surface area contributed by atoms with Crippen LogP contribution in [0.2, 0.25) is 0 Å². The average Bonchev–Trinajstić information content (AvgIpc) is 2.46. The third-order valence-corrected chi connectivity index (χ3v) is 3.64. The summed E-state index contributed by atoms with van der Waals surface area (Å²) < 4.78 is 1.03. The van der Waals surface area contributed by atoms with Crippen molar-refractivity contribution in [1.82, 2.24) is 4.90 Å². The molecule has 1 aromatic rings. The van der Waals surface area contributed by atoms with E-state index < -0.39 is 5.97 Å². The van der Waals surface area contributed by atoms with Gasteiger partial charge in [0.25, 0.3) is 0 Å². The molecule has 14 heavy (non-hydrogen) atoms. The number of rotatable bonds is 4. The van der Waals surface area contributed by atoms with E-state index in [-0.39, 0.29) is 12.5 Å². The molecule has 0 aliphatic rings. The summed E-state index contributed by atoms with van der Waals surface area (Å²) in [5.41, 5.74) is 0. The fourth-order valence-electron chi connectivity index (χ4n) is 1.21. The van der Waals surface area contributed by atoms with E-state index in [1.54, 1.807) is 11.3 Å². The maximum Gasteiger partial charge on any atom is 0.305 e. The van der Waals surface area contributed by atoms with Gasteiger partial charge in [-0.15, -0.1) is 11.3 Å². The lowest BCUT2D eigenvalue weighted by molar-refractivity contribution is -0.138. The van der Waals surface area contributed by atoms with Crippen LogP contribution in [0.5, 0.6) is 0 Å². The van der Waals surface area contributed by atoms with Gasteiger partial charge < -0.3 is 10.0 Å². The van der Waals surface area contributed by atoms with Crippen molar-refractivity contribution in [2.45, 2.75) is 12.5 Å². The van der Waals surface area contributed by atoms with Gasteiger partial charge in [0.1, 0.15) is 0 Å². The molecule has 0 saturated carbocycles. The lowest BCUT2D eigenvalue weighted by atomic mass is 10.1. The highest BCUT2D eigenvalue weighted by Crippen LogP contribution is 2.31. The number of hydrogen-bond donors (Lipinski definition) is 1. The molecular weight excluding hydrogens is 266 g/mol. The highest BCUT2D eigenvalue weighted by molar-refractivity contribution is 9.11. The molecule has 0 bridgehead atoms. The van der Waals surface area contributed by atoms with E-state index in [1.165, 1.54) is 0 Å². The van der Waals surface area contributed by atoms with Crippen molar-refractivity contribution in [2.24, 2.45) is 0 Å². The Morgan fingerprint density at radius 1 is 1.64 bits per heavy atom. The van der Waals surface area contributed by atoms with Crippen LogP contribution in [0, 0.1) is 0 Å². The first kappa shape index (κ1) is 11.7. The second-order valence-corrected chi connectivity index (χ2v) is 5.71. The smallest absolute Gasteiger partial charge is 0.305 e. The van der Waals surface area contributed by atoms with Crippen LogP contribution in [0.1, 0.15) is 17.3 Å². The van der Waals surface area contributed by atoms with Crippen LogP contribution in [0.3, 0.4) is 0 Å². The lowest BCUT2D eigenvalue weighted by Gasteiger charge is -2.21. The topological polar surface area (TPSA) is 40.5 Å². The SMILES string of the molecule is CN(C)C(CC(=O)O)c1ccc(Br)s1. The number of hydrogen-bond acceptors (Lipinski definition) is 3. The van der Waals surface area contributed by atoms with Gasteiger partial charge in [-0.1, -0.05) is 0 Å². The molecule has 1 heterocycles. The van der Waals surface area contributed by atoms with Crippen LogP contribution in [0.15, 0.2) is 15.9 Å². The average molecular weight is 278 g/mol. The minimum absolute atomic E-state index is 0.0381. The van der Waals surface area contributed by atoms with Crippen LogP contribution in [-0.4, -0.2) is 30.1 Å². The van der Waals surface area contributed by atoms with E-state index in [9.17, 15) is 4.79 Å². The third kappa shape index (κ3) is 3.08. The first-order valence-electron chi connectivity index (χ1n) is 4.14. The monoisotopic (exact) mass is 277 g/mol. The van der Waals surface area contributed by atoms with E-state index in [2.05, 4.69) is 15.9 Å². The minimum atomic E-state index is -0.770. The molecule has 1 aromatic heterocycles. The zero-order chi connectivity index (χ0) is 10.7. The van der Waals surface area contributed by atoms with Crippen LogP contribution in [-0.2, 0) is 4.79 Å². The molecule has 0 aromatic carbocycles. The van der Waals surface area contributed by atoms with Gasteiger partial charge in [0.15, 0.2) is 0 Å². The summed E-state index contributed by atoms with van der Waals surface area (Å²) >= 11 is 4.95. The number of aliphatic carboxylic acids is 1. The molecule has 0 saturated heterocycles. The largest absolute Gasteiger partial charge is 0.481 e. The summed E-state index contributed by atoms with van der Waals surface area (Å²) in [5.74, 6) is -0.770. The Hall–Kier alpha value is -0.390. The Kier molecular flexibility index (Phi) is 4.10. The summed E-state index contributed by atoms with van der Waals surface area (Å²) in [7, 11) is 3.78. The number of nitrogens with zero attached hydrogens (tertiary/aromatic N) is 1. The molecular formula is C9H12BrNO2S. The molecule has 1 N–H and O–H groups in total. The predicted octanol–water partition coefficient (Wildman–Crippen LogP) is 2.59. The Bertz CT molecular complexity index is 324. The normalized spacial score (nSPS) is 13.1. The number of carboxylic acids is 1. The van der Waals surface area contributed by atoms with Crippen LogP contribution >= 0.6 is 27.3 Å². The third-order valence-electron chi connectivity index (χ3n) is 1.91. The Labute approximate surface area is 95.5 Å². The molecule has 0 amide bonds. The Balaban J connectivity index is 2.82. The molecule has 0 aliphatic carbocycles. The second kappa shape index (κ2) is 4.91. The molecule has 78 valence electrons. The lowest BCUT2D eigenvalue weighted by Crippen LogP contribution is -2.21. The van der Waals surface area contributed by atoms with E-state index in [0.717, 1.165) is 8.66 Å². The van der Waals surface area contributed by atoms with E-state index in [1.807, 2.05) is 31.1 Å². The fourth-order valence-corrected chi connectivity index (χ4v) is 2.83. The standard InChI is InChI=1S/C9H12BrNO2S/c1-11(2)6(5-9(12)13)7-3-4-8(10)14-7/h3-4,6H,5H2,1-2H3,(H,12,13). The summed E-state index contributed by atoms with van der Waals surface area (Å²) in [6.07, 6.45) is 0.139. The van der Waals surface area contributed by atoms with Crippen LogP contribution in [0.25, 0.3) is 0 Å². The van der Waals surface area contributed by atoms with Crippen molar-refractivity contribution < 1.29 is 9.90 Å². The van der Waals surface area contributed by atoms with Gasteiger partial charge in [0, 0.05) is 4.88 Å². The first-order chi connectivity index (χ1) is 6.50. The highest BCUT2D eigenvalue weighted by atomic mass is 79.9. The van der Waals surface area contributed by atoms with Gasteiger partial charge in [-0.3, -0.25) is 4.79 Å². The van der Waals surface area contributed by atoms with E-state index in [0.29, 0.717) is 0 Å². The zero-order valence-corrected chi connectivity index (χ0v) is 10.4. The highest BCUT2D eigenvalue weighted by Gasteiger charge is 2.19. The van der Waals surface area contributed by atoms with Crippen molar-refractivity contribution in [3.05, 3.63) is 20.8 Å². The molecule has 0 aliphatic heterocycles. The van der Waals surface area contributed by atoms with Crippen molar-refractivity contribution >= 4 is 33.2 Å². The molecule has 0 spiro atoms. The first-order valence-corrected chi connectivity index (χ1v) is 5.75. The summed E-state index contributed by atoms with van der Waals surface area (Å²) in [4.78, 5) is 13.7. The van der Waals surface area contributed by atoms with Crippen molar-refractivity contribution in [2.75, 3.05) is 14.1 Å². The molecule has 0 radical (unpaired) electrons. The zero-order valence-electron chi connectivity index (χ0n) is 8.03. The Morgan fingerprint density at radius 3 is 2.64 bits per heavy atom. The molecule has 0 fully saturated rings. The molecule has 1 rings (SSSR count). The van der Waals surface area contributed by atoms with Crippen LogP contribution < -0.4 is 0 Å². The maximum atomic E-state index is 10.7. The molecule has 1 unspecified atom stereocenters.